The Morgan fingerprint density at radius 3 is 2.46 bits per heavy atom. The summed E-state index contributed by atoms with van der Waals surface area (Å²) >= 11 is 6.11. The number of benzene rings is 1. The molecule has 1 aliphatic carbocycles. The number of aromatic nitrogens is 1. The number of rotatable bonds is 9. The number of halogens is 1. The van der Waals surface area contributed by atoms with E-state index in [-0.39, 0.29) is 0 Å². The van der Waals surface area contributed by atoms with Crippen LogP contribution in [-0.4, -0.2) is 62.0 Å². The van der Waals surface area contributed by atoms with Gasteiger partial charge in [0.25, 0.3) is 0 Å². The quantitative estimate of drug-likeness (QED) is 0.240. The van der Waals surface area contributed by atoms with Crippen molar-refractivity contribution in [3.63, 3.8) is 0 Å². The third kappa shape index (κ3) is 6.15. The number of pyridine rings is 1. The fourth-order valence-corrected chi connectivity index (χ4v) is 5.86. The van der Waals surface area contributed by atoms with Crippen LogP contribution in [-0.2, 0) is 12.8 Å². The van der Waals surface area contributed by atoms with Crippen LogP contribution in [0.1, 0.15) is 51.9 Å². The summed E-state index contributed by atoms with van der Waals surface area (Å²) in [6.07, 6.45) is 10.4. The third-order valence-electron chi connectivity index (χ3n) is 7.14. The maximum Gasteiger partial charge on any atom is 0.152 e. The summed E-state index contributed by atoms with van der Waals surface area (Å²) in [5, 5.41) is 26.2. The average molecular weight is 497 g/mol. The van der Waals surface area contributed by atoms with Gasteiger partial charge >= 0.3 is 0 Å². The van der Waals surface area contributed by atoms with E-state index in [4.69, 9.17) is 27.8 Å². The van der Waals surface area contributed by atoms with Crippen molar-refractivity contribution in [2.75, 3.05) is 33.7 Å². The number of aldehydes is 1. The van der Waals surface area contributed by atoms with E-state index >= 15 is 0 Å². The first kappa shape index (κ1) is 27.0. The maximum absolute atomic E-state index is 11.4. The summed E-state index contributed by atoms with van der Waals surface area (Å²) in [6, 6.07) is 5.62. The van der Waals surface area contributed by atoms with Crippen molar-refractivity contribution >= 4 is 30.4 Å². The molecule has 1 saturated carbocycles. The van der Waals surface area contributed by atoms with E-state index in [0.717, 1.165) is 56.3 Å². The molecule has 1 aromatic heterocycles. The van der Waals surface area contributed by atoms with Gasteiger partial charge < -0.3 is 15.6 Å². The highest BCUT2D eigenvalue weighted by Crippen LogP contribution is 2.53. The summed E-state index contributed by atoms with van der Waals surface area (Å²) in [5.74, 6) is 0.611. The molecular formula is C27H37ClN6O. The molecule has 0 atom stereocenters. The second-order valence-corrected chi connectivity index (χ2v) is 10.4. The normalized spacial score (nSPS) is 16.6. The van der Waals surface area contributed by atoms with E-state index in [0.29, 0.717) is 33.0 Å². The largest absolute Gasteiger partial charge is 0.323 e. The van der Waals surface area contributed by atoms with Gasteiger partial charge in [-0.1, -0.05) is 17.7 Å². The second kappa shape index (κ2) is 11.9. The van der Waals surface area contributed by atoms with Gasteiger partial charge in [0.2, 0.25) is 0 Å². The first-order valence-corrected chi connectivity index (χ1v) is 12.5. The summed E-state index contributed by atoms with van der Waals surface area (Å²) in [5.41, 5.74) is 5.31. The molecule has 1 saturated heterocycles. The monoisotopic (exact) mass is 496 g/mol. The van der Waals surface area contributed by atoms with Crippen LogP contribution in [0.15, 0.2) is 24.4 Å². The molecule has 2 heterocycles. The Morgan fingerprint density at radius 1 is 1.17 bits per heavy atom. The summed E-state index contributed by atoms with van der Waals surface area (Å²) in [4.78, 5) is 13.9. The Labute approximate surface area is 213 Å². The second-order valence-electron chi connectivity index (χ2n) is 9.99. The predicted octanol–water partition coefficient (Wildman–Crippen LogP) is 3.92. The van der Waals surface area contributed by atoms with E-state index in [9.17, 15) is 4.79 Å². The number of nitrogens with zero attached hydrogens (tertiary/aromatic N) is 2. The van der Waals surface area contributed by atoms with Gasteiger partial charge in [-0.15, -0.1) is 0 Å². The molecule has 8 heteroatoms. The molecule has 1 spiro atoms. The van der Waals surface area contributed by atoms with Gasteiger partial charge in [-0.25, -0.2) is 0 Å². The molecule has 35 heavy (non-hydrogen) atoms. The first-order valence-electron chi connectivity index (χ1n) is 12.1. The van der Waals surface area contributed by atoms with Gasteiger partial charge in [0, 0.05) is 36.6 Å². The summed E-state index contributed by atoms with van der Waals surface area (Å²) in [7, 11) is 3.75. The number of carbonyl (C=O) groups is 1. The van der Waals surface area contributed by atoms with Crippen molar-refractivity contribution in [2.45, 2.75) is 39.0 Å². The van der Waals surface area contributed by atoms with Crippen LogP contribution < -0.4 is 10.8 Å². The fraction of sp³-hybridized carbons (Fsp3) is 0.481. The highest BCUT2D eigenvalue weighted by molar-refractivity contribution is 6.33. The van der Waals surface area contributed by atoms with E-state index in [1.807, 2.05) is 39.3 Å². The highest BCUT2D eigenvalue weighted by atomic mass is 35.5. The first-order chi connectivity index (χ1) is 16.8. The van der Waals surface area contributed by atoms with Crippen molar-refractivity contribution in [3.05, 3.63) is 62.7 Å². The summed E-state index contributed by atoms with van der Waals surface area (Å²) in [6.45, 7) is 5.44. The van der Waals surface area contributed by atoms with E-state index in [1.165, 1.54) is 35.5 Å². The molecular weight excluding hydrogens is 460 g/mol. The molecule has 1 aromatic carbocycles. The van der Waals surface area contributed by atoms with Gasteiger partial charge in [0.05, 0.1) is 11.4 Å². The molecule has 0 radical (unpaired) electrons. The number of nitrogens with one attached hydrogen (secondary N) is 4. The molecule has 2 aliphatic rings. The van der Waals surface area contributed by atoms with Crippen LogP contribution in [0.3, 0.4) is 0 Å². The number of carbonyl (C=O) groups excluding carboxylic acids is 1. The zero-order valence-electron chi connectivity index (χ0n) is 21.0. The molecule has 2 aromatic rings. The Morgan fingerprint density at radius 2 is 1.86 bits per heavy atom. The fourth-order valence-electron chi connectivity index (χ4n) is 5.65. The van der Waals surface area contributed by atoms with E-state index in [2.05, 4.69) is 10.2 Å². The molecule has 4 N–H and O–H groups in total. The zero-order valence-corrected chi connectivity index (χ0v) is 21.7. The van der Waals surface area contributed by atoms with Crippen LogP contribution in [0.5, 0.6) is 0 Å². The Kier molecular flexibility index (Phi) is 9.16. The average Bonchev–Trinajstić information content (AvgIpc) is 2.78. The van der Waals surface area contributed by atoms with E-state index < -0.39 is 0 Å². The van der Waals surface area contributed by atoms with Gasteiger partial charge in [-0.3, -0.25) is 20.2 Å². The minimum absolute atomic E-state index is 0.358. The number of hydrogen-bond acceptors (Lipinski definition) is 6. The smallest absolute Gasteiger partial charge is 0.152 e. The third-order valence-corrected chi connectivity index (χ3v) is 7.47. The van der Waals surface area contributed by atoms with Crippen LogP contribution in [0.2, 0.25) is 5.02 Å². The van der Waals surface area contributed by atoms with Crippen molar-refractivity contribution in [3.8, 4) is 0 Å². The topological polar surface area (TPSA) is 109 Å². The molecule has 0 bridgehead atoms. The zero-order chi connectivity index (χ0) is 25.6. The van der Waals surface area contributed by atoms with Crippen molar-refractivity contribution < 1.29 is 4.79 Å². The standard InChI is InChI=1S/C25H30ClN5O.C2H7N/c1-17-12-31(16-28)24(29)8-19(17)3-2-6-30-14-25(15-30)9-18(10-25)7-20-4-5-23(26)22(13-32)21(20)11-27;1-3-2/h4-5,8,11-13,16,18,27-29H,2-3,6-7,9-10,14-15H2,1H3;3H,1-2H3. The van der Waals surface area contributed by atoms with Gasteiger partial charge in [0.1, 0.15) is 5.49 Å². The van der Waals surface area contributed by atoms with Crippen molar-refractivity contribution in [1.29, 1.82) is 16.2 Å². The Bertz CT molecular complexity index is 1130. The van der Waals surface area contributed by atoms with Crippen molar-refractivity contribution in [1.82, 2.24) is 14.8 Å². The molecule has 0 amide bonds. The number of likely N-dealkylation sites (tertiary alicyclic amines) is 1. The Balaban J connectivity index is 0.00000108. The lowest BCUT2D eigenvalue weighted by atomic mass is 9.56. The molecule has 2 fully saturated rings. The van der Waals surface area contributed by atoms with Gasteiger partial charge in [0.15, 0.2) is 6.29 Å². The lowest BCUT2D eigenvalue weighted by Crippen LogP contribution is -2.62. The van der Waals surface area contributed by atoms with Gasteiger partial charge in [-0.2, -0.15) is 0 Å². The number of aryl methyl sites for hydroxylation is 2. The Hall–Kier alpha value is -2.61. The lowest BCUT2D eigenvalue weighted by molar-refractivity contribution is -0.0937. The molecule has 4 rings (SSSR count). The van der Waals surface area contributed by atoms with Crippen LogP contribution in [0.4, 0.5) is 0 Å². The minimum atomic E-state index is 0.358. The molecule has 7 nitrogen and oxygen atoms in total. The van der Waals surface area contributed by atoms with E-state index in [1.54, 1.807) is 6.07 Å². The lowest BCUT2D eigenvalue weighted by Gasteiger charge is -2.59. The van der Waals surface area contributed by atoms with Crippen molar-refractivity contribution in [2.24, 2.45) is 11.3 Å². The summed E-state index contributed by atoms with van der Waals surface area (Å²) < 4.78 is 1.53. The van der Waals surface area contributed by atoms with Crippen LogP contribution in [0.25, 0.3) is 0 Å². The molecule has 188 valence electrons. The maximum atomic E-state index is 11.4. The minimum Gasteiger partial charge on any atom is -0.323 e. The van der Waals surface area contributed by atoms with Gasteiger partial charge in [-0.05, 0) is 99.8 Å². The number of hydrogen-bond donors (Lipinski definition) is 4. The highest BCUT2D eigenvalue weighted by Gasteiger charge is 2.51. The van der Waals surface area contributed by atoms with Crippen LogP contribution >= 0.6 is 11.6 Å². The molecule has 1 aliphatic heterocycles. The van der Waals surface area contributed by atoms with Crippen LogP contribution in [0, 0.1) is 34.5 Å². The SMILES string of the molecule is CNC.Cc1cn(C=N)c(=N)cc1CCCN1CC2(CC(Cc3ccc(Cl)c(C=O)c3C=N)C2)C1. The molecule has 0 unspecified atom stereocenters. The predicted molar refractivity (Wildman–Crippen MR) is 143 cm³/mol.